The molecule has 0 spiro atoms. The van der Waals surface area contributed by atoms with E-state index in [9.17, 15) is 9.59 Å². The average Bonchev–Trinajstić information content (AvgIpc) is 2.47. The SMILES string of the molecule is COCCNC(=O)C(C)NC(=O)C1(CN)CCOCC1. The van der Waals surface area contributed by atoms with Crippen molar-refractivity contribution in [3.05, 3.63) is 0 Å². The van der Waals surface area contributed by atoms with Crippen LogP contribution in [0.2, 0.25) is 0 Å². The summed E-state index contributed by atoms with van der Waals surface area (Å²) >= 11 is 0. The monoisotopic (exact) mass is 287 g/mol. The van der Waals surface area contributed by atoms with Crippen LogP contribution >= 0.6 is 0 Å². The van der Waals surface area contributed by atoms with Crippen molar-refractivity contribution in [3.63, 3.8) is 0 Å². The van der Waals surface area contributed by atoms with Gasteiger partial charge in [-0.15, -0.1) is 0 Å². The van der Waals surface area contributed by atoms with Crippen LogP contribution in [0.15, 0.2) is 0 Å². The molecule has 0 saturated carbocycles. The first-order chi connectivity index (χ1) is 9.55. The summed E-state index contributed by atoms with van der Waals surface area (Å²) in [7, 11) is 1.56. The number of hydrogen-bond acceptors (Lipinski definition) is 5. The summed E-state index contributed by atoms with van der Waals surface area (Å²) < 4.78 is 10.1. The number of hydrogen-bond donors (Lipinski definition) is 3. The lowest BCUT2D eigenvalue weighted by Gasteiger charge is -2.35. The maximum absolute atomic E-state index is 12.3. The summed E-state index contributed by atoms with van der Waals surface area (Å²) in [6, 6.07) is -0.592. The molecule has 116 valence electrons. The highest BCUT2D eigenvalue weighted by Crippen LogP contribution is 2.29. The average molecular weight is 287 g/mol. The Balaban J connectivity index is 2.48. The molecule has 2 amide bonds. The lowest BCUT2D eigenvalue weighted by atomic mass is 9.79. The van der Waals surface area contributed by atoms with Crippen molar-refractivity contribution in [1.82, 2.24) is 10.6 Å². The fourth-order valence-corrected chi connectivity index (χ4v) is 2.13. The lowest BCUT2D eigenvalue weighted by Crippen LogP contribution is -2.54. The molecule has 1 saturated heterocycles. The van der Waals surface area contributed by atoms with Gasteiger partial charge in [0.1, 0.15) is 6.04 Å². The Morgan fingerprint density at radius 3 is 2.60 bits per heavy atom. The van der Waals surface area contributed by atoms with E-state index >= 15 is 0 Å². The normalized spacial score (nSPS) is 19.1. The van der Waals surface area contributed by atoms with Crippen molar-refractivity contribution >= 4 is 11.8 Å². The lowest BCUT2D eigenvalue weighted by molar-refractivity contribution is -0.139. The first-order valence-corrected chi connectivity index (χ1v) is 6.91. The van der Waals surface area contributed by atoms with Crippen molar-refractivity contribution < 1.29 is 19.1 Å². The van der Waals surface area contributed by atoms with E-state index in [4.69, 9.17) is 15.2 Å². The molecule has 1 unspecified atom stereocenters. The molecule has 1 atom stereocenters. The first kappa shape index (κ1) is 16.9. The van der Waals surface area contributed by atoms with Crippen LogP contribution in [0.5, 0.6) is 0 Å². The van der Waals surface area contributed by atoms with Gasteiger partial charge in [-0.2, -0.15) is 0 Å². The van der Waals surface area contributed by atoms with E-state index in [1.54, 1.807) is 14.0 Å². The van der Waals surface area contributed by atoms with Gasteiger partial charge in [0.05, 0.1) is 12.0 Å². The third kappa shape index (κ3) is 4.43. The summed E-state index contributed by atoms with van der Waals surface area (Å²) in [5.41, 5.74) is 5.14. The van der Waals surface area contributed by atoms with Crippen molar-refractivity contribution in [3.8, 4) is 0 Å². The van der Waals surface area contributed by atoms with E-state index in [0.717, 1.165) is 0 Å². The van der Waals surface area contributed by atoms with Crippen molar-refractivity contribution in [2.24, 2.45) is 11.1 Å². The Bertz CT molecular complexity index is 330. The van der Waals surface area contributed by atoms with Crippen molar-refractivity contribution in [1.29, 1.82) is 0 Å². The number of ether oxygens (including phenoxy) is 2. The summed E-state index contributed by atoms with van der Waals surface area (Å²) in [6.45, 7) is 3.84. The molecule has 1 aliphatic heterocycles. The van der Waals surface area contributed by atoms with E-state index in [2.05, 4.69) is 10.6 Å². The van der Waals surface area contributed by atoms with Gasteiger partial charge >= 0.3 is 0 Å². The van der Waals surface area contributed by atoms with E-state index in [1.165, 1.54) is 0 Å². The second kappa shape index (κ2) is 8.18. The van der Waals surface area contributed by atoms with Gasteiger partial charge in [-0.3, -0.25) is 9.59 Å². The quantitative estimate of drug-likeness (QED) is 0.522. The molecule has 1 rings (SSSR count). The molecule has 0 radical (unpaired) electrons. The minimum Gasteiger partial charge on any atom is -0.383 e. The van der Waals surface area contributed by atoms with Gasteiger partial charge in [-0.05, 0) is 19.8 Å². The van der Waals surface area contributed by atoms with Crippen LogP contribution in [0.1, 0.15) is 19.8 Å². The number of methoxy groups -OCH3 is 1. The highest BCUT2D eigenvalue weighted by Gasteiger charge is 2.39. The number of rotatable bonds is 7. The third-order valence-electron chi connectivity index (χ3n) is 3.67. The maximum Gasteiger partial charge on any atom is 0.242 e. The molecule has 1 fully saturated rings. The zero-order valence-electron chi connectivity index (χ0n) is 12.2. The number of nitrogens with two attached hydrogens (primary N) is 1. The van der Waals surface area contributed by atoms with Crippen molar-refractivity contribution in [2.75, 3.05) is 40.0 Å². The number of carbonyl (C=O) groups excluding carboxylic acids is 2. The van der Waals surface area contributed by atoms with Gasteiger partial charge in [-0.1, -0.05) is 0 Å². The van der Waals surface area contributed by atoms with E-state index < -0.39 is 11.5 Å². The number of carbonyl (C=O) groups is 2. The van der Waals surface area contributed by atoms with Gasteiger partial charge in [0.25, 0.3) is 0 Å². The minimum atomic E-state index is -0.612. The standard InChI is InChI=1S/C13H25N3O4/c1-10(11(17)15-5-8-19-2)16-12(18)13(9-14)3-6-20-7-4-13/h10H,3-9,14H2,1-2H3,(H,15,17)(H,16,18). The first-order valence-electron chi connectivity index (χ1n) is 6.91. The Morgan fingerprint density at radius 1 is 1.40 bits per heavy atom. The molecular weight excluding hydrogens is 262 g/mol. The minimum absolute atomic E-state index is 0.169. The summed E-state index contributed by atoms with van der Waals surface area (Å²) in [4.78, 5) is 24.1. The van der Waals surface area contributed by atoms with Crippen LogP contribution in [0, 0.1) is 5.41 Å². The largest absolute Gasteiger partial charge is 0.383 e. The van der Waals surface area contributed by atoms with Gasteiger partial charge in [0, 0.05) is 33.4 Å². The molecule has 1 heterocycles. The van der Waals surface area contributed by atoms with Gasteiger partial charge in [0.15, 0.2) is 0 Å². The van der Waals surface area contributed by atoms with Crippen LogP contribution in [0.4, 0.5) is 0 Å². The molecule has 0 bridgehead atoms. The van der Waals surface area contributed by atoms with Crippen LogP contribution in [-0.2, 0) is 19.1 Å². The molecule has 7 nitrogen and oxygen atoms in total. The smallest absolute Gasteiger partial charge is 0.242 e. The predicted molar refractivity (Wildman–Crippen MR) is 74.0 cm³/mol. The molecule has 0 aromatic heterocycles. The zero-order chi connectivity index (χ0) is 15.0. The number of nitrogens with one attached hydrogen (secondary N) is 2. The highest BCUT2D eigenvalue weighted by molar-refractivity contribution is 5.90. The Kier molecular flexibility index (Phi) is 6.90. The topological polar surface area (TPSA) is 103 Å². The van der Waals surface area contributed by atoms with Crippen LogP contribution < -0.4 is 16.4 Å². The summed E-state index contributed by atoms with van der Waals surface area (Å²) in [6.07, 6.45) is 1.18. The van der Waals surface area contributed by atoms with E-state index in [-0.39, 0.29) is 18.4 Å². The molecule has 7 heteroatoms. The third-order valence-corrected chi connectivity index (χ3v) is 3.67. The molecule has 0 aromatic rings. The second-order valence-electron chi connectivity index (χ2n) is 5.08. The van der Waals surface area contributed by atoms with Crippen LogP contribution in [0.3, 0.4) is 0 Å². The fourth-order valence-electron chi connectivity index (χ4n) is 2.13. The molecule has 4 N–H and O–H groups in total. The fraction of sp³-hybridized carbons (Fsp3) is 0.846. The Hall–Kier alpha value is -1.18. The summed E-state index contributed by atoms with van der Waals surface area (Å²) in [5.74, 6) is -0.396. The molecule has 1 aliphatic rings. The zero-order valence-corrected chi connectivity index (χ0v) is 12.2. The summed E-state index contributed by atoms with van der Waals surface area (Å²) in [5, 5.41) is 5.43. The van der Waals surface area contributed by atoms with E-state index in [0.29, 0.717) is 39.2 Å². The van der Waals surface area contributed by atoms with Gasteiger partial charge in [-0.25, -0.2) is 0 Å². The molecule has 0 aliphatic carbocycles. The highest BCUT2D eigenvalue weighted by atomic mass is 16.5. The predicted octanol–water partition coefficient (Wildman–Crippen LogP) is -0.991. The molecule has 0 aromatic carbocycles. The van der Waals surface area contributed by atoms with Gasteiger partial charge in [0.2, 0.25) is 11.8 Å². The van der Waals surface area contributed by atoms with E-state index in [1.807, 2.05) is 0 Å². The molecular formula is C13H25N3O4. The maximum atomic E-state index is 12.3. The second-order valence-corrected chi connectivity index (χ2v) is 5.08. The Labute approximate surface area is 119 Å². The van der Waals surface area contributed by atoms with Crippen molar-refractivity contribution in [2.45, 2.75) is 25.8 Å². The van der Waals surface area contributed by atoms with Gasteiger partial charge < -0.3 is 25.8 Å². The van der Waals surface area contributed by atoms with Crippen LogP contribution in [0.25, 0.3) is 0 Å². The number of amides is 2. The molecule has 20 heavy (non-hydrogen) atoms. The van der Waals surface area contributed by atoms with Crippen LogP contribution in [-0.4, -0.2) is 57.9 Å². The Morgan fingerprint density at radius 2 is 2.05 bits per heavy atom.